The lowest BCUT2D eigenvalue weighted by atomic mass is 10.4. The normalized spacial score (nSPS) is 10.4. The number of hydrogen-bond donors (Lipinski definition) is 2. The molecule has 0 bridgehead atoms. The number of hydrogen-bond acceptors (Lipinski definition) is 4. The Labute approximate surface area is 83.0 Å². The highest BCUT2D eigenvalue weighted by molar-refractivity contribution is 5.84. The van der Waals surface area contributed by atoms with Crippen LogP contribution in [0.1, 0.15) is 16.3 Å². The standard InChI is InChI=1S/C8H7N3O4/c12-7(13)6-2-1-5(15-6)3-11-4-9-10-8(11)14/h1-2,4H,3H2,(H,10,14)(H,12,13). The van der Waals surface area contributed by atoms with Gasteiger partial charge in [0.25, 0.3) is 0 Å². The van der Waals surface area contributed by atoms with Gasteiger partial charge in [-0.25, -0.2) is 14.7 Å². The van der Waals surface area contributed by atoms with Crippen LogP contribution in [0.5, 0.6) is 0 Å². The van der Waals surface area contributed by atoms with Crippen molar-refractivity contribution in [1.29, 1.82) is 0 Å². The number of rotatable bonds is 3. The fourth-order valence-corrected chi connectivity index (χ4v) is 1.13. The van der Waals surface area contributed by atoms with E-state index in [-0.39, 0.29) is 18.0 Å². The number of carboxylic acids is 1. The van der Waals surface area contributed by atoms with Crippen LogP contribution in [-0.2, 0) is 6.54 Å². The van der Waals surface area contributed by atoms with Gasteiger partial charge in [-0.3, -0.25) is 4.57 Å². The molecule has 7 nitrogen and oxygen atoms in total. The van der Waals surface area contributed by atoms with Gasteiger partial charge in [-0.1, -0.05) is 0 Å². The highest BCUT2D eigenvalue weighted by Crippen LogP contribution is 2.08. The van der Waals surface area contributed by atoms with Crippen LogP contribution in [0.4, 0.5) is 0 Å². The van der Waals surface area contributed by atoms with Crippen molar-refractivity contribution in [2.24, 2.45) is 0 Å². The summed E-state index contributed by atoms with van der Waals surface area (Å²) in [6.07, 6.45) is 1.31. The van der Waals surface area contributed by atoms with Gasteiger partial charge in [-0.15, -0.1) is 0 Å². The monoisotopic (exact) mass is 209 g/mol. The molecule has 2 N–H and O–H groups in total. The predicted octanol–water partition coefficient (Wildman–Crippen LogP) is -0.0891. The van der Waals surface area contributed by atoms with Gasteiger partial charge in [0.05, 0.1) is 6.54 Å². The fourth-order valence-electron chi connectivity index (χ4n) is 1.13. The summed E-state index contributed by atoms with van der Waals surface area (Å²) >= 11 is 0. The maximum absolute atomic E-state index is 11.1. The van der Waals surface area contributed by atoms with E-state index >= 15 is 0 Å². The van der Waals surface area contributed by atoms with Crippen LogP contribution in [0, 0.1) is 0 Å². The molecule has 2 rings (SSSR count). The summed E-state index contributed by atoms with van der Waals surface area (Å²) in [6.45, 7) is 0.155. The minimum absolute atomic E-state index is 0.151. The van der Waals surface area contributed by atoms with Gasteiger partial charge in [-0.2, -0.15) is 5.10 Å². The molecule has 0 radical (unpaired) electrons. The Morgan fingerprint density at radius 2 is 2.40 bits per heavy atom. The van der Waals surface area contributed by atoms with Crippen molar-refractivity contribution >= 4 is 5.97 Å². The van der Waals surface area contributed by atoms with Gasteiger partial charge < -0.3 is 9.52 Å². The highest BCUT2D eigenvalue weighted by Gasteiger charge is 2.09. The molecule has 7 heteroatoms. The van der Waals surface area contributed by atoms with Gasteiger partial charge in [0, 0.05) is 0 Å². The molecule has 0 spiro atoms. The quantitative estimate of drug-likeness (QED) is 0.735. The van der Waals surface area contributed by atoms with Gasteiger partial charge >= 0.3 is 11.7 Å². The summed E-state index contributed by atoms with van der Waals surface area (Å²) in [5.74, 6) is -0.904. The van der Waals surface area contributed by atoms with E-state index in [1.165, 1.54) is 23.0 Å². The lowest BCUT2D eigenvalue weighted by Gasteiger charge is -1.94. The summed E-state index contributed by atoms with van der Waals surface area (Å²) in [6, 6.07) is 2.84. The molecule has 0 aliphatic heterocycles. The first-order valence-corrected chi connectivity index (χ1v) is 4.08. The lowest BCUT2D eigenvalue weighted by Crippen LogP contribution is -2.16. The number of nitrogens with zero attached hydrogens (tertiary/aromatic N) is 2. The predicted molar refractivity (Wildman–Crippen MR) is 47.6 cm³/mol. The molecule has 0 aliphatic rings. The molecule has 2 heterocycles. The second kappa shape index (κ2) is 3.45. The van der Waals surface area contributed by atoms with E-state index < -0.39 is 5.97 Å². The zero-order valence-corrected chi connectivity index (χ0v) is 7.51. The third kappa shape index (κ3) is 1.80. The summed E-state index contributed by atoms with van der Waals surface area (Å²) < 4.78 is 6.24. The van der Waals surface area contributed by atoms with E-state index in [2.05, 4.69) is 10.2 Å². The van der Waals surface area contributed by atoms with Crippen LogP contribution in [-0.4, -0.2) is 25.8 Å². The van der Waals surface area contributed by atoms with Crippen molar-refractivity contribution in [3.8, 4) is 0 Å². The van der Waals surface area contributed by atoms with Crippen LogP contribution < -0.4 is 5.69 Å². The average molecular weight is 209 g/mol. The van der Waals surface area contributed by atoms with Crippen LogP contribution >= 0.6 is 0 Å². The molecule has 78 valence electrons. The van der Waals surface area contributed by atoms with Crippen LogP contribution in [0.25, 0.3) is 0 Å². The highest BCUT2D eigenvalue weighted by atomic mass is 16.4. The van der Waals surface area contributed by atoms with Crippen molar-refractivity contribution in [1.82, 2.24) is 14.8 Å². The average Bonchev–Trinajstić information content (AvgIpc) is 2.77. The van der Waals surface area contributed by atoms with Gasteiger partial charge in [0.2, 0.25) is 5.76 Å². The molecular formula is C8H7N3O4. The minimum atomic E-state index is -1.14. The van der Waals surface area contributed by atoms with E-state index in [0.29, 0.717) is 5.76 Å². The molecule has 15 heavy (non-hydrogen) atoms. The Hall–Kier alpha value is -2.31. The largest absolute Gasteiger partial charge is 0.475 e. The molecule has 0 saturated heterocycles. The van der Waals surface area contributed by atoms with Crippen LogP contribution in [0.3, 0.4) is 0 Å². The number of nitrogens with one attached hydrogen (secondary N) is 1. The Bertz CT molecular complexity index is 536. The molecule has 0 fully saturated rings. The van der Waals surface area contributed by atoms with E-state index in [1.807, 2.05) is 0 Å². The molecule has 2 aromatic heterocycles. The van der Waals surface area contributed by atoms with Crippen LogP contribution in [0.15, 0.2) is 27.7 Å². The number of carbonyl (C=O) groups is 1. The summed E-state index contributed by atoms with van der Waals surface area (Å²) in [5, 5.41) is 14.3. The van der Waals surface area contributed by atoms with Crippen molar-refractivity contribution in [2.75, 3.05) is 0 Å². The summed E-state index contributed by atoms with van der Waals surface area (Å²) in [7, 11) is 0. The number of H-pyrrole nitrogens is 1. The van der Waals surface area contributed by atoms with E-state index in [4.69, 9.17) is 9.52 Å². The van der Waals surface area contributed by atoms with Crippen LogP contribution in [0.2, 0.25) is 0 Å². The SMILES string of the molecule is O=C(O)c1ccc(Cn2cn[nH]c2=O)o1. The van der Waals surface area contributed by atoms with Gasteiger partial charge in [0.15, 0.2) is 0 Å². The summed E-state index contributed by atoms with van der Waals surface area (Å²) in [5.41, 5.74) is -0.372. The third-order valence-electron chi connectivity index (χ3n) is 1.82. The third-order valence-corrected chi connectivity index (χ3v) is 1.82. The molecule has 0 aliphatic carbocycles. The van der Waals surface area contributed by atoms with Gasteiger partial charge in [0.1, 0.15) is 12.1 Å². The number of aromatic amines is 1. The Kier molecular flexibility index (Phi) is 2.13. The molecule has 0 unspecified atom stereocenters. The van der Waals surface area contributed by atoms with Gasteiger partial charge in [-0.05, 0) is 12.1 Å². The zero-order valence-electron chi connectivity index (χ0n) is 7.51. The van der Waals surface area contributed by atoms with E-state index in [0.717, 1.165) is 0 Å². The molecule has 0 saturated carbocycles. The molecular weight excluding hydrogens is 202 g/mol. The Morgan fingerprint density at radius 3 is 2.93 bits per heavy atom. The van der Waals surface area contributed by atoms with Crippen molar-refractivity contribution in [2.45, 2.75) is 6.54 Å². The molecule has 0 atom stereocenters. The minimum Gasteiger partial charge on any atom is -0.475 e. The first-order chi connectivity index (χ1) is 7.16. The number of carboxylic acid groups (broad SMARTS) is 1. The fraction of sp³-hybridized carbons (Fsp3) is 0.125. The first kappa shape index (κ1) is 9.25. The maximum atomic E-state index is 11.1. The smallest absolute Gasteiger partial charge is 0.371 e. The van der Waals surface area contributed by atoms with Crippen molar-refractivity contribution in [3.63, 3.8) is 0 Å². The zero-order chi connectivity index (χ0) is 10.8. The second-order valence-electron chi connectivity index (χ2n) is 2.86. The Balaban J connectivity index is 2.22. The number of furan rings is 1. The summed E-state index contributed by atoms with van der Waals surface area (Å²) in [4.78, 5) is 21.6. The topological polar surface area (TPSA) is 101 Å². The molecule has 0 amide bonds. The first-order valence-electron chi connectivity index (χ1n) is 4.08. The molecule has 0 aromatic carbocycles. The van der Waals surface area contributed by atoms with Crippen molar-refractivity contribution < 1.29 is 14.3 Å². The second-order valence-corrected chi connectivity index (χ2v) is 2.86. The van der Waals surface area contributed by atoms with Crippen molar-refractivity contribution in [3.05, 3.63) is 40.5 Å². The lowest BCUT2D eigenvalue weighted by molar-refractivity contribution is 0.0660. The molecule has 2 aromatic rings. The number of aromatic nitrogens is 3. The Morgan fingerprint density at radius 1 is 1.60 bits per heavy atom. The number of aromatic carboxylic acids is 1. The van der Waals surface area contributed by atoms with E-state index in [1.54, 1.807) is 0 Å². The maximum Gasteiger partial charge on any atom is 0.371 e. The van der Waals surface area contributed by atoms with E-state index in [9.17, 15) is 9.59 Å².